The molecule has 1 aromatic heterocycles. The molecule has 3 rings (SSSR count). The highest BCUT2D eigenvalue weighted by atomic mass is 16.2. The zero-order valence-corrected chi connectivity index (χ0v) is 18.6. The van der Waals surface area contributed by atoms with Crippen LogP contribution in [0.1, 0.15) is 49.1 Å². The predicted octanol–water partition coefficient (Wildman–Crippen LogP) is 2.95. The van der Waals surface area contributed by atoms with E-state index in [9.17, 15) is 4.79 Å². The molecule has 1 saturated carbocycles. The number of rotatable bonds is 6. The van der Waals surface area contributed by atoms with Crippen LogP contribution >= 0.6 is 0 Å². The molecule has 0 bridgehead atoms. The molecular weight excluding hydrogens is 376 g/mol. The Kier molecular flexibility index (Phi) is 7.49. The minimum absolute atomic E-state index is 0.0242. The van der Waals surface area contributed by atoms with E-state index in [0.717, 1.165) is 35.5 Å². The maximum atomic E-state index is 12.1. The molecule has 7 heteroatoms. The highest BCUT2D eigenvalue weighted by Gasteiger charge is 2.16. The van der Waals surface area contributed by atoms with Gasteiger partial charge in [0.15, 0.2) is 5.96 Å². The summed E-state index contributed by atoms with van der Waals surface area (Å²) in [6.45, 7) is 4.80. The van der Waals surface area contributed by atoms with Crippen molar-refractivity contribution in [1.82, 2.24) is 25.3 Å². The summed E-state index contributed by atoms with van der Waals surface area (Å²) in [5.41, 5.74) is 4.22. The van der Waals surface area contributed by atoms with E-state index in [-0.39, 0.29) is 12.5 Å². The molecule has 7 nitrogen and oxygen atoms in total. The van der Waals surface area contributed by atoms with E-state index >= 15 is 0 Å². The lowest BCUT2D eigenvalue weighted by Crippen LogP contribution is -2.47. The average Bonchev–Trinajstić information content (AvgIpc) is 3.08. The summed E-state index contributed by atoms with van der Waals surface area (Å²) in [5, 5.41) is 11.4. The molecule has 1 fully saturated rings. The number of para-hydroxylation sites is 1. The molecule has 0 atom stereocenters. The summed E-state index contributed by atoms with van der Waals surface area (Å²) >= 11 is 0. The largest absolute Gasteiger partial charge is 0.354 e. The van der Waals surface area contributed by atoms with Gasteiger partial charge in [-0.3, -0.25) is 4.79 Å². The molecule has 0 saturated heterocycles. The van der Waals surface area contributed by atoms with Gasteiger partial charge >= 0.3 is 0 Å². The van der Waals surface area contributed by atoms with E-state index in [4.69, 9.17) is 4.99 Å². The Hall–Kier alpha value is -2.83. The molecule has 30 heavy (non-hydrogen) atoms. The van der Waals surface area contributed by atoms with Crippen molar-refractivity contribution in [2.24, 2.45) is 4.99 Å². The van der Waals surface area contributed by atoms with Crippen LogP contribution in [0.2, 0.25) is 0 Å². The Labute approximate surface area is 179 Å². The zero-order valence-electron chi connectivity index (χ0n) is 18.6. The second kappa shape index (κ2) is 10.3. The molecule has 2 N–H and O–H groups in total. The number of carbonyl (C=O) groups excluding carboxylic acids is 1. The van der Waals surface area contributed by atoms with Crippen molar-refractivity contribution in [2.75, 3.05) is 20.6 Å². The van der Waals surface area contributed by atoms with Gasteiger partial charge in [-0.1, -0.05) is 37.5 Å². The van der Waals surface area contributed by atoms with Crippen LogP contribution in [0.25, 0.3) is 5.69 Å². The van der Waals surface area contributed by atoms with Crippen molar-refractivity contribution >= 4 is 11.9 Å². The molecule has 0 unspecified atom stereocenters. The summed E-state index contributed by atoms with van der Waals surface area (Å²) in [5.74, 6) is 0.719. The summed E-state index contributed by atoms with van der Waals surface area (Å²) in [4.78, 5) is 18.5. The van der Waals surface area contributed by atoms with Crippen LogP contribution in [0.15, 0.2) is 35.3 Å². The third-order valence-corrected chi connectivity index (χ3v) is 5.49. The van der Waals surface area contributed by atoms with Crippen LogP contribution in [-0.2, 0) is 11.3 Å². The third kappa shape index (κ3) is 5.84. The monoisotopic (exact) mass is 410 g/mol. The van der Waals surface area contributed by atoms with E-state index in [1.54, 1.807) is 19.0 Å². The first-order chi connectivity index (χ1) is 14.4. The average molecular weight is 411 g/mol. The fraction of sp³-hybridized carbons (Fsp3) is 0.522. The Morgan fingerprint density at radius 3 is 2.60 bits per heavy atom. The minimum Gasteiger partial charge on any atom is -0.354 e. The van der Waals surface area contributed by atoms with Crippen LogP contribution in [0, 0.1) is 13.8 Å². The number of nitrogens with one attached hydrogen (secondary N) is 2. The summed E-state index contributed by atoms with van der Waals surface area (Å²) < 4.78 is 1.97. The molecular formula is C23H34N6O. The third-order valence-electron chi connectivity index (χ3n) is 5.49. The Morgan fingerprint density at radius 1 is 1.20 bits per heavy atom. The second-order valence-corrected chi connectivity index (χ2v) is 8.25. The van der Waals surface area contributed by atoms with Gasteiger partial charge in [-0.25, -0.2) is 9.67 Å². The lowest BCUT2D eigenvalue weighted by Gasteiger charge is -2.25. The maximum absolute atomic E-state index is 12.1. The number of aliphatic imine (C=N–C) groups is 1. The number of likely N-dealkylation sites (N-methyl/N-ethyl adjacent to an activating group) is 1. The minimum atomic E-state index is 0.0242. The Bertz CT molecular complexity index is 880. The summed E-state index contributed by atoms with van der Waals surface area (Å²) in [6.07, 6.45) is 6.06. The smallest absolute Gasteiger partial charge is 0.241 e. The van der Waals surface area contributed by atoms with E-state index in [2.05, 4.69) is 40.9 Å². The fourth-order valence-electron chi connectivity index (χ4n) is 3.80. The number of hydrogen-bond donors (Lipinski definition) is 2. The molecule has 1 amide bonds. The lowest BCUT2D eigenvalue weighted by molar-refractivity contribution is -0.127. The molecule has 0 aliphatic heterocycles. The normalized spacial score (nSPS) is 15.1. The number of hydrogen-bond acceptors (Lipinski definition) is 3. The topological polar surface area (TPSA) is 74.6 Å². The number of aromatic nitrogens is 2. The van der Waals surface area contributed by atoms with Gasteiger partial charge in [0, 0.05) is 25.8 Å². The van der Waals surface area contributed by atoms with E-state index in [1.807, 2.05) is 23.7 Å². The molecule has 1 aliphatic rings. The van der Waals surface area contributed by atoms with Crippen molar-refractivity contribution < 1.29 is 4.79 Å². The van der Waals surface area contributed by atoms with Crippen molar-refractivity contribution in [2.45, 2.75) is 58.5 Å². The first kappa shape index (κ1) is 21.9. The predicted molar refractivity (Wildman–Crippen MR) is 121 cm³/mol. The van der Waals surface area contributed by atoms with Gasteiger partial charge in [-0.05, 0) is 44.4 Å². The fourth-order valence-corrected chi connectivity index (χ4v) is 3.80. The highest BCUT2D eigenvalue weighted by Crippen LogP contribution is 2.19. The van der Waals surface area contributed by atoms with Gasteiger partial charge < -0.3 is 15.5 Å². The van der Waals surface area contributed by atoms with E-state index in [1.165, 1.54) is 19.3 Å². The number of nitrogens with zero attached hydrogens (tertiary/aromatic N) is 4. The zero-order chi connectivity index (χ0) is 21.5. The van der Waals surface area contributed by atoms with Gasteiger partial charge in [-0.2, -0.15) is 5.10 Å². The molecule has 0 spiro atoms. The van der Waals surface area contributed by atoms with Gasteiger partial charge in [-0.15, -0.1) is 0 Å². The molecule has 1 aromatic carbocycles. The summed E-state index contributed by atoms with van der Waals surface area (Å²) in [6, 6.07) is 10.7. The van der Waals surface area contributed by atoms with Crippen LogP contribution in [-0.4, -0.2) is 53.2 Å². The Morgan fingerprint density at radius 2 is 1.93 bits per heavy atom. The van der Waals surface area contributed by atoms with Gasteiger partial charge in [0.1, 0.15) is 0 Å². The summed E-state index contributed by atoms with van der Waals surface area (Å²) in [7, 11) is 3.53. The van der Waals surface area contributed by atoms with Gasteiger partial charge in [0.25, 0.3) is 0 Å². The highest BCUT2D eigenvalue weighted by molar-refractivity contribution is 5.86. The van der Waals surface area contributed by atoms with Crippen molar-refractivity contribution in [3.63, 3.8) is 0 Å². The van der Waals surface area contributed by atoms with E-state index < -0.39 is 0 Å². The van der Waals surface area contributed by atoms with Crippen LogP contribution in [0.3, 0.4) is 0 Å². The maximum Gasteiger partial charge on any atom is 0.241 e. The first-order valence-corrected chi connectivity index (χ1v) is 10.8. The van der Waals surface area contributed by atoms with Gasteiger partial charge in [0.2, 0.25) is 5.91 Å². The number of benzene rings is 1. The SMILES string of the molecule is Cc1cc(C)n(-c2ccccc2CN=C(NCC(=O)N(C)C)NC2CCCCC2)n1. The van der Waals surface area contributed by atoms with Crippen molar-refractivity contribution in [3.8, 4) is 5.69 Å². The van der Waals surface area contributed by atoms with E-state index in [0.29, 0.717) is 18.5 Å². The number of aryl methyl sites for hydroxylation is 2. The second-order valence-electron chi connectivity index (χ2n) is 8.25. The molecule has 2 aromatic rings. The lowest BCUT2D eigenvalue weighted by atomic mass is 9.96. The molecule has 162 valence electrons. The van der Waals surface area contributed by atoms with Crippen LogP contribution in [0.4, 0.5) is 0 Å². The van der Waals surface area contributed by atoms with Gasteiger partial charge in [0.05, 0.1) is 24.5 Å². The van der Waals surface area contributed by atoms with Crippen molar-refractivity contribution in [1.29, 1.82) is 0 Å². The van der Waals surface area contributed by atoms with Crippen molar-refractivity contribution in [3.05, 3.63) is 47.3 Å². The number of guanidine groups is 1. The number of amides is 1. The first-order valence-electron chi connectivity index (χ1n) is 10.8. The number of carbonyl (C=O) groups is 1. The Balaban J connectivity index is 1.79. The molecule has 0 radical (unpaired) electrons. The molecule has 1 aliphatic carbocycles. The quantitative estimate of drug-likeness (QED) is 0.567. The van der Waals surface area contributed by atoms with Crippen LogP contribution in [0.5, 0.6) is 0 Å². The standard InChI is InChI=1S/C23H34N6O/c1-17-14-18(2)29(27-17)21-13-9-8-10-19(21)15-24-23(25-16-22(30)28(3)4)26-20-11-6-5-7-12-20/h8-10,13-14,20H,5-7,11-12,15-16H2,1-4H3,(H2,24,25,26). The molecule has 1 heterocycles. The van der Waals surface area contributed by atoms with Crippen LogP contribution < -0.4 is 10.6 Å².